The van der Waals surface area contributed by atoms with E-state index in [1.54, 1.807) is 17.8 Å². The van der Waals surface area contributed by atoms with Crippen molar-refractivity contribution >= 4 is 16.8 Å². The van der Waals surface area contributed by atoms with E-state index in [1.165, 1.54) is 6.20 Å². The summed E-state index contributed by atoms with van der Waals surface area (Å²) in [6.45, 7) is 7.00. The Bertz CT molecular complexity index is 116. The van der Waals surface area contributed by atoms with Crippen molar-refractivity contribution < 1.29 is 0 Å². The summed E-state index contributed by atoms with van der Waals surface area (Å²) in [7, 11) is 0. The van der Waals surface area contributed by atoms with E-state index in [1.807, 2.05) is 6.26 Å². The first-order chi connectivity index (χ1) is 3.85. The van der Waals surface area contributed by atoms with E-state index in [2.05, 4.69) is 18.2 Å². The molecule has 0 saturated heterocycles. The first-order valence-electron chi connectivity index (χ1n) is 2.20. The van der Waals surface area contributed by atoms with Gasteiger partial charge in [-0.15, -0.1) is 11.8 Å². The Hall–Kier alpha value is -0.500. The predicted octanol–water partition coefficient (Wildman–Crippen LogP) is 2.08. The van der Waals surface area contributed by atoms with Gasteiger partial charge < -0.3 is 0 Å². The Balaban J connectivity index is 3.84. The fraction of sp³-hybridized carbons (Fsp3) is 0.167. The van der Waals surface area contributed by atoms with Crippen LogP contribution in [0.2, 0.25) is 0 Å². The zero-order valence-electron chi connectivity index (χ0n) is 4.92. The van der Waals surface area contributed by atoms with Gasteiger partial charge in [0.05, 0.1) is 5.04 Å². The van der Waals surface area contributed by atoms with Crippen molar-refractivity contribution in [1.29, 1.82) is 0 Å². The fourth-order valence-corrected chi connectivity index (χ4v) is 0.625. The average Bonchev–Trinajstić information content (AvgIpc) is 1.83. The molecule has 0 amide bonds. The molecule has 0 unspecified atom stereocenters. The van der Waals surface area contributed by atoms with Crippen LogP contribution in [0.15, 0.2) is 30.4 Å². The predicted molar refractivity (Wildman–Crippen MR) is 41.3 cm³/mol. The second kappa shape index (κ2) is 4.65. The van der Waals surface area contributed by atoms with E-state index in [0.717, 1.165) is 5.04 Å². The molecule has 44 valence electrons. The summed E-state index contributed by atoms with van der Waals surface area (Å²) in [4.78, 5) is 3.89. The Kier molecular flexibility index (Phi) is 4.36. The number of thioether (sulfide) groups is 1. The summed E-state index contributed by atoms with van der Waals surface area (Å²) >= 11 is 1.56. The SMILES string of the molecule is C=CN=C(C=C)SC. The highest BCUT2D eigenvalue weighted by Crippen LogP contribution is 1.97. The lowest BCUT2D eigenvalue weighted by molar-refractivity contribution is 1.62. The number of aliphatic imine (C=N–C) groups is 1. The summed E-state index contributed by atoms with van der Waals surface area (Å²) in [5.74, 6) is 0. The smallest absolute Gasteiger partial charge is 0.0950 e. The number of rotatable bonds is 2. The minimum Gasteiger partial charge on any atom is -0.251 e. The van der Waals surface area contributed by atoms with Crippen molar-refractivity contribution in [2.24, 2.45) is 4.99 Å². The molecule has 0 aliphatic heterocycles. The summed E-state index contributed by atoms with van der Waals surface area (Å²) in [6, 6.07) is 0. The lowest BCUT2D eigenvalue weighted by atomic mass is 10.7. The van der Waals surface area contributed by atoms with Crippen molar-refractivity contribution in [2.45, 2.75) is 0 Å². The highest BCUT2D eigenvalue weighted by atomic mass is 32.2. The summed E-state index contributed by atoms with van der Waals surface area (Å²) in [5.41, 5.74) is 0. The maximum Gasteiger partial charge on any atom is 0.0950 e. The molecule has 0 fully saturated rings. The Morgan fingerprint density at radius 3 is 2.38 bits per heavy atom. The van der Waals surface area contributed by atoms with Gasteiger partial charge in [-0.25, -0.2) is 0 Å². The summed E-state index contributed by atoms with van der Waals surface area (Å²) < 4.78 is 0. The van der Waals surface area contributed by atoms with E-state index >= 15 is 0 Å². The molecule has 0 atom stereocenters. The first kappa shape index (κ1) is 7.50. The molecule has 0 bridgehead atoms. The largest absolute Gasteiger partial charge is 0.251 e. The van der Waals surface area contributed by atoms with Crippen LogP contribution in [0.1, 0.15) is 0 Å². The molecule has 0 radical (unpaired) electrons. The third-order valence-electron chi connectivity index (χ3n) is 0.602. The molecule has 0 aliphatic rings. The lowest BCUT2D eigenvalue weighted by Gasteiger charge is -1.87. The average molecular weight is 127 g/mol. The monoisotopic (exact) mass is 127 g/mol. The van der Waals surface area contributed by atoms with Crippen LogP contribution in [-0.2, 0) is 0 Å². The molecule has 2 heteroatoms. The second-order valence-electron chi connectivity index (χ2n) is 1.06. The Morgan fingerprint density at radius 2 is 2.25 bits per heavy atom. The maximum atomic E-state index is 3.89. The van der Waals surface area contributed by atoms with Gasteiger partial charge >= 0.3 is 0 Å². The molecular formula is C6H9NS. The van der Waals surface area contributed by atoms with E-state index in [-0.39, 0.29) is 0 Å². The zero-order chi connectivity index (χ0) is 6.41. The minimum atomic E-state index is 0.903. The zero-order valence-corrected chi connectivity index (χ0v) is 5.74. The standard InChI is InChI=1S/C6H9NS/c1-4-6(8-3)7-5-2/h4-5H,1-2H2,3H3. The first-order valence-corrected chi connectivity index (χ1v) is 3.42. The fourth-order valence-electron chi connectivity index (χ4n) is 0.279. The second-order valence-corrected chi connectivity index (χ2v) is 1.88. The highest BCUT2D eigenvalue weighted by molar-refractivity contribution is 8.13. The third kappa shape index (κ3) is 2.64. The van der Waals surface area contributed by atoms with Crippen molar-refractivity contribution in [3.63, 3.8) is 0 Å². The Morgan fingerprint density at radius 1 is 1.62 bits per heavy atom. The van der Waals surface area contributed by atoms with E-state index in [0.29, 0.717) is 0 Å². The molecule has 0 aromatic heterocycles. The van der Waals surface area contributed by atoms with Crippen molar-refractivity contribution in [1.82, 2.24) is 0 Å². The van der Waals surface area contributed by atoms with Crippen LogP contribution in [0.4, 0.5) is 0 Å². The number of hydrogen-bond acceptors (Lipinski definition) is 2. The van der Waals surface area contributed by atoms with Gasteiger partial charge in [0.2, 0.25) is 0 Å². The van der Waals surface area contributed by atoms with Gasteiger partial charge in [-0.3, -0.25) is 4.99 Å². The van der Waals surface area contributed by atoms with Crippen LogP contribution in [0, 0.1) is 0 Å². The normalized spacial score (nSPS) is 10.9. The molecule has 0 saturated carbocycles. The van der Waals surface area contributed by atoms with Crippen LogP contribution in [0.25, 0.3) is 0 Å². The van der Waals surface area contributed by atoms with Gasteiger partial charge in [-0.1, -0.05) is 13.2 Å². The molecule has 0 heterocycles. The molecule has 0 spiro atoms. The van der Waals surface area contributed by atoms with Crippen molar-refractivity contribution in [3.05, 3.63) is 25.4 Å². The Labute approximate surface area is 54.2 Å². The molecule has 1 nitrogen and oxygen atoms in total. The third-order valence-corrected chi connectivity index (χ3v) is 1.29. The molecule has 0 aromatic carbocycles. The quantitative estimate of drug-likeness (QED) is 0.408. The number of nitrogens with zero attached hydrogens (tertiary/aromatic N) is 1. The summed E-state index contributed by atoms with van der Waals surface area (Å²) in [6.07, 6.45) is 5.16. The molecule has 8 heavy (non-hydrogen) atoms. The minimum absolute atomic E-state index is 0.903. The van der Waals surface area contributed by atoms with E-state index < -0.39 is 0 Å². The lowest BCUT2D eigenvalue weighted by Crippen LogP contribution is -1.79. The topological polar surface area (TPSA) is 12.4 Å². The molecule has 0 aliphatic carbocycles. The molecule has 0 N–H and O–H groups in total. The molecule has 0 aromatic rings. The summed E-state index contributed by atoms with van der Waals surface area (Å²) in [5, 5.41) is 0.903. The van der Waals surface area contributed by atoms with Gasteiger partial charge in [0.1, 0.15) is 0 Å². The van der Waals surface area contributed by atoms with Gasteiger partial charge in [0.15, 0.2) is 0 Å². The van der Waals surface area contributed by atoms with Crippen LogP contribution in [0.3, 0.4) is 0 Å². The van der Waals surface area contributed by atoms with E-state index in [4.69, 9.17) is 0 Å². The van der Waals surface area contributed by atoms with E-state index in [9.17, 15) is 0 Å². The van der Waals surface area contributed by atoms with Crippen LogP contribution in [0.5, 0.6) is 0 Å². The number of hydrogen-bond donors (Lipinski definition) is 0. The van der Waals surface area contributed by atoms with Gasteiger partial charge in [0, 0.05) is 6.20 Å². The van der Waals surface area contributed by atoms with Crippen LogP contribution >= 0.6 is 11.8 Å². The van der Waals surface area contributed by atoms with Gasteiger partial charge in [-0.2, -0.15) is 0 Å². The van der Waals surface area contributed by atoms with Crippen LogP contribution < -0.4 is 0 Å². The van der Waals surface area contributed by atoms with Crippen LogP contribution in [-0.4, -0.2) is 11.3 Å². The molecule has 0 rings (SSSR count). The van der Waals surface area contributed by atoms with Gasteiger partial charge in [0.25, 0.3) is 0 Å². The van der Waals surface area contributed by atoms with Gasteiger partial charge in [-0.05, 0) is 12.3 Å². The van der Waals surface area contributed by atoms with Crippen molar-refractivity contribution in [2.75, 3.05) is 6.26 Å². The van der Waals surface area contributed by atoms with Crippen molar-refractivity contribution in [3.8, 4) is 0 Å². The maximum absolute atomic E-state index is 3.89. The highest BCUT2D eigenvalue weighted by Gasteiger charge is 1.81. The molecular weight excluding hydrogens is 118 g/mol.